The molecule has 1 atom stereocenters. The molecule has 2 N–H and O–H groups in total. The van der Waals surface area contributed by atoms with Crippen molar-refractivity contribution < 1.29 is 19.4 Å². The summed E-state index contributed by atoms with van der Waals surface area (Å²) in [6.07, 6.45) is 2.38. The molecular weight excluding hydrogens is 452 g/mol. The average molecular weight is 477 g/mol. The van der Waals surface area contributed by atoms with Crippen LogP contribution < -0.4 is 9.61 Å². The van der Waals surface area contributed by atoms with Crippen LogP contribution in [0.15, 0.2) is 77.7 Å². The van der Waals surface area contributed by atoms with E-state index < -0.39 is 12.1 Å². The van der Waals surface area contributed by atoms with E-state index in [-0.39, 0.29) is 17.4 Å². The Labute approximate surface area is 200 Å². The standard InChI is InChI=1S/C26H24N2O5S/c1-2-17-10-13-21(27-15-17)22(33-25(30)19-6-4-3-5-7-19)16-32-20-11-8-18(9-12-20)14-23-24(29)28-26(31)34-23/h3-13,15,22,29H,2,14,16H2,1H3,(H,28,31). The number of aromatic hydroxyl groups is 1. The fourth-order valence-corrected chi connectivity index (χ4v) is 4.08. The van der Waals surface area contributed by atoms with E-state index in [1.54, 1.807) is 42.6 Å². The molecule has 2 aromatic heterocycles. The highest BCUT2D eigenvalue weighted by Crippen LogP contribution is 2.24. The summed E-state index contributed by atoms with van der Waals surface area (Å²) >= 11 is 0.984. The number of hydrogen-bond donors (Lipinski definition) is 2. The first-order valence-electron chi connectivity index (χ1n) is 10.9. The molecule has 0 aliphatic carbocycles. The number of pyridine rings is 1. The van der Waals surface area contributed by atoms with Gasteiger partial charge in [0.2, 0.25) is 5.88 Å². The number of thiazole rings is 1. The predicted molar refractivity (Wildman–Crippen MR) is 130 cm³/mol. The molecule has 0 bridgehead atoms. The van der Waals surface area contributed by atoms with Crippen molar-refractivity contribution in [2.24, 2.45) is 0 Å². The van der Waals surface area contributed by atoms with Crippen molar-refractivity contribution in [3.8, 4) is 11.6 Å². The number of hydrogen-bond acceptors (Lipinski definition) is 7. The third-order valence-electron chi connectivity index (χ3n) is 5.23. The van der Waals surface area contributed by atoms with E-state index in [0.717, 1.165) is 28.9 Å². The van der Waals surface area contributed by atoms with Gasteiger partial charge in [-0.25, -0.2) is 4.79 Å². The van der Waals surface area contributed by atoms with Crippen molar-refractivity contribution in [3.63, 3.8) is 0 Å². The molecule has 0 spiro atoms. The maximum absolute atomic E-state index is 12.7. The first-order chi connectivity index (χ1) is 16.5. The molecule has 0 saturated heterocycles. The Bertz CT molecular complexity index is 1280. The first-order valence-corrected chi connectivity index (χ1v) is 11.7. The second-order valence-corrected chi connectivity index (χ2v) is 8.69. The Kier molecular flexibility index (Phi) is 7.39. The van der Waals surface area contributed by atoms with Gasteiger partial charge in [-0.3, -0.25) is 14.8 Å². The molecule has 0 amide bonds. The van der Waals surface area contributed by atoms with E-state index in [0.29, 0.717) is 28.3 Å². The third kappa shape index (κ3) is 5.90. The zero-order valence-corrected chi connectivity index (χ0v) is 19.4. The van der Waals surface area contributed by atoms with Crippen LogP contribution in [0.1, 0.15) is 45.1 Å². The van der Waals surface area contributed by atoms with Gasteiger partial charge in [-0.2, -0.15) is 0 Å². The number of benzene rings is 2. The third-order valence-corrected chi connectivity index (χ3v) is 6.11. The van der Waals surface area contributed by atoms with Crippen molar-refractivity contribution >= 4 is 17.3 Å². The van der Waals surface area contributed by atoms with Crippen LogP contribution in [0.4, 0.5) is 0 Å². The second kappa shape index (κ2) is 10.8. The Balaban J connectivity index is 1.45. The molecule has 4 aromatic rings. The second-order valence-electron chi connectivity index (χ2n) is 7.62. The minimum absolute atomic E-state index is 0.0939. The molecule has 174 valence electrons. The van der Waals surface area contributed by atoms with Gasteiger partial charge in [0.25, 0.3) is 0 Å². The molecule has 34 heavy (non-hydrogen) atoms. The van der Waals surface area contributed by atoms with Crippen LogP contribution in [0.25, 0.3) is 0 Å². The lowest BCUT2D eigenvalue weighted by atomic mass is 10.1. The van der Waals surface area contributed by atoms with Crippen LogP contribution in [0.5, 0.6) is 11.6 Å². The van der Waals surface area contributed by atoms with Gasteiger partial charge in [0, 0.05) is 12.6 Å². The van der Waals surface area contributed by atoms with Crippen LogP contribution in [0.3, 0.4) is 0 Å². The molecular formula is C26H24N2O5S. The molecule has 0 radical (unpaired) electrons. The lowest BCUT2D eigenvalue weighted by Crippen LogP contribution is -2.19. The van der Waals surface area contributed by atoms with Crippen molar-refractivity contribution in [3.05, 3.63) is 110 Å². The van der Waals surface area contributed by atoms with Gasteiger partial charge in [-0.1, -0.05) is 54.7 Å². The number of H-pyrrole nitrogens is 1. The zero-order valence-electron chi connectivity index (χ0n) is 18.6. The van der Waals surface area contributed by atoms with Crippen LogP contribution >= 0.6 is 11.3 Å². The topological polar surface area (TPSA) is 102 Å². The van der Waals surface area contributed by atoms with Gasteiger partial charge in [-0.15, -0.1) is 0 Å². The van der Waals surface area contributed by atoms with Crippen LogP contribution in [0, 0.1) is 0 Å². The molecule has 0 fully saturated rings. The van der Waals surface area contributed by atoms with Crippen LogP contribution in [0.2, 0.25) is 0 Å². The minimum Gasteiger partial charge on any atom is -0.494 e. The summed E-state index contributed by atoms with van der Waals surface area (Å²) in [5, 5.41) is 9.77. The number of rotatable bonds is 9. The van der Waals surface area contributed by atoms with E-state index in [1.165, 1.54) is 0 Å². The predicted octanol–water partition coefficient (Wildman–Crippen LogP) is 4.67. The molecule has 2 aromatic carbocycles. The number of esters is 1. The van der Waals surface area contributed by atoms with E-state index in [4.69, 9.17) is 9.47 Å². The van der Waals surface area contributed by atoms with E-state index >= 15 is 0 Å². The molecule has 2 heterocycles. The zero-order chi connectivity index (χ0) is 23.9. The SMILES string of the molecule is CCc1ccc(C(COc2ccc(Cc3sc(=O)[nH]c3O)cc2)OC(=O)c2ccccc2)nc1. The van der Waals surface area contributed by atoms with Crippen molar-refractivity contribution in [2.75, 3.05) is 6.61 Å². The number of nitrogens with zero attached hydrogens (tertiary/aromatic N) is 1. The maximum Gasteiger partial charge on any atom is 0.338 e. The summed E-state index contributed by atoms with van der Waals surface area (Å²) in [6, 6.07) is 19.9. The highest BCUT2D eigenvalue weighted by Gasteiger charge is 2.20. The highest BCUT2D eigenvalue weighted by atomic mass is 32.1. The summed E-state index contributed by atoms with van der Waals surface area (Å²) in [5.74, 6) is 0.0531. The lowest BCUT2D eigenvalue weighted by molar-refractivity contribution is 0.0156. The van der Waals surface area contributed by atoms with Gasteiger partial charge >= 0.3 is 10.8 Å². The molecule has 0 aliphatic rings. The quantitative estimate of drug-likeness (QED) is 0.341. The number of aryl methyl sites for hydroxylation is 1. The minimum atomic E-state index is -0.688. The number of ether oxygens (including phenoxy) is 2. The summed E-state index contributed by atoms with van der Waals surface area (Å²) in [6.45, 7) is 2.14. The number of aromatic nitrogens is 2. The summed E-state index contributed by atoms with van der Waals surface area (Å²) < 4.78 is 11.7. The Morgan fingerprint density at radius 2 is 1.79 bits per heavy atom. The number of aromatic amines is 1. The van der Waals surface area contributed by atoms with E-state index in [9.17, 15) is 14.7 Å². The molecule has 8 heteroatoms. The maximum atomic E-state index is 12.7. The monoisotopic (exact) mass is 476 g/mol. The smallest absolute Gasteiger partial charge is 0.338 e. The molecule has 0 saturated carbocycles. The summed E-state index contributed by atoms with van der Waals surface area (Å²) in [7, 11) is 0. The highest BCUT2D eigenvalue weighted by molar-refractivity contribution is 7.09. The van der Waals surface area contributed by atoms with Gasteiger partial charge in [0.1, 0.15) is 12.4 Å². The number of carbonyl (C=O) groups excluding carboxylic acids is 1. The van der Waals surface area contributed by atoms with E-state index in [1.807, 2.05) is 37.3 Å². The normalized spacial score (nSPS) is 11.7. The van der Waals surface area contributed by atoms with Crippen molar-refractivity contribution in [1.29, 1.82) is 0 Å². The Hall–Kier alpha value is -3.91. The van der Waals surface area contributed by atoms with E-state index in [2.05, 4.69) is 9.97 Å². The Morgan fingerprint density at radius 3 is 2.41 bits per heavy atom. The van der Waals surface area contributed by atoms with Crippen LogP contribution in [-0.4, -0.2) is 27.7 Å². The summed E-state index contributed by atoms with van der Waals surface area (Å²) in [5.41, 5.74) is 3.07. The molecule has 7 nitrogen and oxygen atoms in total. The van der Waals surface area contributed by atoms with Crippen molar-refractivity contribution in [1.82, 2.24) is 9.97 Å². The first kappa shape index (κ1) is 23.3. The molecule has 1 unspecified atom stereocenters. The van der Waals surface area contributed by atoms with Crippen molar-refractivity contribution in [2.45, 2.75) is 25.9 Å². The average Bonchev–Trinajstić information content (AvgIpc) is 3.19. The number of carbonyl (C=O) groups is 1. The van der Waals surface area contributed by atoms with Gasteiger partial charge < -0.3 is 14.6 Å². The fourth-order valence-electron chi connectivity index (χ4n) is 3.32. The fraction of sp³-hybridized carbons (Fsp3) is 0.192. The number of nitrogens with one attached hydrogen (secondary N) is 1. The van der Waals surface area contributed by atoms with Gasteiger partial charge in [-0.05, 0) is 47.9 Å². The molecule has 4 rings (SSSR count). The van der Waals surface area contributed by atoms with Gasteiger partial charge in [0.05, 0.1) is 16.1 Å². The van der Waals surface area contributed by atoms with Gasteiger partial charge in [0.15, 0.2) is 6.10 Å². The van der Waals surface area contributed by atoms with Crippen LogP contribution in [-0.2, 0) is 17.6 Å². The Morgan fingerprint density at radius 1 is 1.06 bits per heavy atom. The largest absolute Gasteiger partial charge is 0.494 e. The molecule has 0 aliphatic heterocycles. The summed E-state index contributed by atoms with van der Waals surface area (Å²) in [4.78, 5) is 31.2. The lowest BCUT2D eigenvalue weighted by Gasteiger charge is -2.19.